The normalized spacial score (nSPS) is 17.7. The summed E-state index contributed by atoms with van der Waals surface area (Å²) in [5.41, 5.74) is 2.57. The number of ketones is 1. The standard InChI is InChI=1S/C12H14N2O/c1-14(2)8-9-5-6-11-10(12(9)15)4-3-7-13-11/h3-4,7-8H,5-6H2,1-2H3. The Bertz CT molecular complexity index is 421. The van der Waals surface area contributed by atoms with Crippen molar-refractivity contribution in [3.63, 3.8) is 0 Å². The van der Waals surface area contributed by atoms with Crippen LogP contribution < -0.4 is 0 Å². The molecular weight excluding hydrogens is 188 g/mol. The van der Waals surface area contributed by atoms with Crippen molar-refractivity contribution in [2.24, 2.45) is 0 Å². The van der Waals surface area contributed by atoms with Gasteiger partial charge in [0.2, 0.25) is 0 Å². The zero-order valence-electron chi connectivity index (χ0n) is 9.03. The Kier molecular flexibility index (Phi) is 2.54. The number of allylic oxidation sites excluding steroid dienone is 1. The van der Waals surface area contributed by atoms with Crippen LogP contribution in [0.4, 0.5) is 0 Å². The van der Waals surface area contributed by atoms with Crippen LogP contribution >= 0.6 is 0 Å². The molecule has 0 bridgehead atoms. The van der Waals surface area contributed by atoms with Crippen molar-refractivity contribution in [3.05, 3.63) is 41.4 Å². The summed E-state index contributed by atoms with van der Waals surface area (Å²) in [5, 5.41) is 0. The first-order valence-electron chi connectivity index (χ1n) is 5.04. The molecule has 1 heterocycles. The van der Waals surface area contributed by atoms with Crippen molar-refractivity contribution in [2.45, 2.75) is 12.8 Å². The van der Waals surface area contributed by atoms with Crippen molar-refractivity contribution < 1.29 is 4.79 Å². The van der Waals surface area contributed by atoms with E-state index in [1.807, 2.05) is 37.3 Å². The molecule has 0 aliphatic heterocycles. The van der Waals surface area contributed by atoms with E-state index >= 15 is 0 Å². The predicted octanol–water partition coefficient (Wildman–Crippen LogP) is 1.66. The molecule has 3 heteroatoms. The molecule has 1 aromatic rings. The van der Waals surface area contributed by atoms with Gasteiger partial charge >= 0.3 is 0 Å². The first-order valence-corrected chi connectivity index (χ1v) is 5.04. The second-order valence-electron chi connectivity index (χ2n) is 3.94. The molecule has 0 N–H and O–H groups in total. The first-order chi connectivity index (χ1) is 7.18. The molecule has 0 radical (unpaired) electrons. The number of aryl methyl sites for hydroxylation is 1. The summed E-state index contributed by atoms with van der Waals surface area (Å²) in [4.78, 5) is 18.2. The molecule has 0 spiro atoms. The number of Topliss-reactive ketones (excluding diaryl/α,β-unsaturated/α-hetero) is 1. The molecule has 1 aliphatic carbocycles. The van der Waals surface area contributed by atoms with Crippen LogP contribution in [0.15, 0.2) is 30.1 Å². The number of carbonyl (C=O) groups excluding carboxylic acids is 1. The van der Waals surface area contributed by atoms with Crippen LogP contribution in [-0.4, -0.2) is 29.8 Å². The Morgan fingerprint density at radius 2 is 2.20 bits per heavy atom. The van der Waals surface area contributed by atoms with Gasteiger partial charge in [0.05, 0.1) is 5.69 Å². The lowest BCUT2D eigenvalue weighted by atomic mass is 9.91. The average molecular weight is 202 g/mol. The van der Waals surface area contributed by atoms with E-state index in [-0.39, 0.29) is 5.78 Å². The minimum absolute atomic E-state index is 0.123. The number of hydrogen-bond acceptors (Lipinski definition) is 3. The zero-order valence-corrected chi connectivity index (χ0v) is 9.03. The maximum Gasteiger partial charge on any atom is 0.192 e. The number of pyridine rings is 1. The lowest BCUT2D eigenvalue weighted by molar-refractivity contribution is 0.102. The highest BCUT2D eigenvalue weighted by Crippen LogP contribution is 2.23. The molecule has 1 aliphatic rings. The third-order valence-corrected chi connectivity index (χ3v) is 2.47. The molecule has 0 atom stereocenters. The van der Waals surface area contributed by atoms with Crippen molar-refractivity contribution in [1.29, 1.82) is 0 Å². The van der Waals surface area contributed by atoms with E-state index in [2.05, 4.69) is 4.98 Å². The van der Waals surface area contributed by atoms with Crippen LogP contribution in [0.5, 0.6) is 0 Å². The molecule has 78 valence electrons. The van der Waals surface area contributed by atoms with Crippen LogP contribution in [0.2, 0.25) is 0 Å². The topological polar surface area (TPSA) is 33.2 Å². The smallest absolute Gasteiger partial charge is 0.192 e. The molecule has 3 nitrogen and oxygen atoms in total. The van der Waals surface area contributed by atoms with Gasteiger partial charge in [0.1, 0.15) is 0 Å². The van der Waals surface area contributed by atoms with Crippen LogP contribution in [0.3, 0.4) is 0 Å². The maximum absolute atomic E-state index is 12.0. The number of rotatable bonds is 1. The number of nitrogens with zero attached hydrogens (tertiary/aromatic N) is 2. The Morgan fingerprint density at radius 1 is 1.40 bits per heavy atom. The third kappa shape index (κ3) is 1.91. The van der Waals surface area contributed by atoms with Gasteiger partial charge in [-0.3, -0.25) is 9.78 Å². The van der Waals surface area contributed by atoms with Gasteiger partial charge in [-0.05, 0) is 25.0 Å². The van der Waals surface area contributed by atoms with Crippen LogP contribution in [0, 0.1) is 0 Å². The molecule has 0 saturated carbocycles. The van der Waals surface area contributed by atoms with Crippen LogP contribution in [-0.2, 0) is 6.42 Å². The summed E-state index contributed by atoms with van der Waals surface area (Å²) in [5.74, 6) is 0.123. The van der Waals surface area contributed by atoms with Gasteiger partial charge in [-0.15, -0.1) is 0 Å². The molecule has 0 saturated heterocycles. The Hall–Kier alpha value is -1.64. The van der Waals surface area contributed by atoms with E-state index in [0.717, 1.165) is 29.7 Å². The minimum Gasteiger partial charge on any atom is -0.383 e. The molecule has 0 amide bonds. The SMILES string of the molecule is CN(C)C=C1CCc2ncccc2C1=O. The molecule has 15 heavy (non-hydrogen) atoms. The maximum atomic E-state index is 12.0. The summed E-state index contributed by atoms with van der Waals surface area (Å²) >= 11 is 0. The highest BCUT2D eigenvalue weighted by molar-refractivity contribution is 6.10. The van der Waals surface area contributed by atoms with Crippen LogP contribution in [0.25, 0.3) is 0 Å². The average Bonchev–Trinajstić information content (AvgIpc) is 2.22. The number of carbonyl (C=O) groups is 1. The van der Waals surface area contributed by atoms with E-state index in [1.54, 1.807) is 6.20 Å². The summed E-state index contributed by atoms with van der Waals surface area (Å²) in [6.45, 7) is 0. The number of fused-ring (bicyclic) bond motifs is 1. The molecule has 0 fully saturated rings. The molecule has 0 unspecified atom stereocenters. The zero-order chi connectivity index (χ0) is 10.8. The molecule has 0 aromatic carbocycles. The van der Waals surface area contributed by atoms with E-state index in [1.165, 1.54) is 0 Å². The van der Waals surface area contributed by atoms with Gasteiger partial charge < -0.3 is 4.90 Å². The summed E-state index contributed by atoms with van der Waals surface area (Å²) in [6, 6.07) is 3.67. The minimum atomic E-state index is 0.123. The lowest BCUT2D eigenvalue weighted by Crippen LogP contribution is -2.17. The van der Waals surface area contributed by atoms with Crippen molar-refractivity contribution in [2.75, 3.05) is 14.1 Å². The summed E-state index contributed by atoms with van der Waals surface area (Å²) < 4.78 is 0. The van der Waals surface area contributed by atoms with Crippen molar-refractivity contribution >= 4 is 5.78 Å². The lowest BCUT2D eigenvalue weighted by Gasteiger charge is -2.17. The van der Waals surface area contributed by atoms with Crippen LogP contribution in [0.1, 0.15) is 22.5 Å². The highest BCUT2D eigenvalue weighted by Gasteiger charge is 2.22. The van der Waals surface area contributed by atoms with E-state index in [0.29, 0.717) is 0 Å². The van der Waals surface area contributed by atoms with Crippen molar-refractivity contribution in [3.8, 4) is 0 Å². The van der Waals surface area contributed by atoms with E-state index in [9.17, 15) is 4.79 Å². The monoisotopic (exact) mass is 202 g/mol. The highest BCUT2D eigenvalue weighted by atomic mass is 16.1. The fraction of sp³-hybridized carbons (Fsp3) is 0.333. The number of hydrogen-bond donors (Lipinski definition) is 0. The number of aromatic nitrogens is 1. The summed E-state index contributed by atoms with van der Waals surface area (Å²) in [6.07, 6.45) is 5.30. The Balaban J connectivity index is 2.38. The van der Waals surface area contributed by atoms with Gasteiger partial charge in [-0.25, -0.2) is 0 Å². The van der Waals surface area contributed by atoms with E-state index < -0.39 is 0 Å². The molecule has 1 aromatic heterocycles. The quantitative estimate of drug-likeness (QED) is 0.649. The third-order valence-electron chi connectivity index (χ3n) is 2.47. The van der Waals surface area contributed by atoms with Gasteiger partial charge in [0, 0.05) is 37.6 Å². The van der Waals surface area contributed by atoms with Crippen molar-refractivity contribution in [1.82, 2.24) is 9.88 Å². The molecular formula is C12H14N2O. The molecule has 2 rings (SSSR count). The largest absolute Gasteiger partial charge is 0.383 e. The second-order valence-corrected chi connectivity index (χ2v) is 3.94. The van der Waals surface area contributed by atoms with Gasteiger partial charge in [0.25, 0.3) is 0 Å². The Labute approximate surface area is 89.4 Å². The van der Waals surface area contributed by atoms with Gasteiger partial charge in [-0.1, -0.05) is 0 Å². The van der Waals surface area contributed by atoms with Gasteiger partial charge in [-0.2, -0.15) is 0 Å². The second kappa shape index (κ2) is 3.85. The van der Waals surface area contributed by atoms with E-state index in [4.69, 9.17) is 0 Å². The Morgan fingerprint density at radius 3 is 2.93 bits per heavy atom. The predicted molar refractivity (Wildman–Crippen MR) is 58.7 cm³/mol. The fourth-order valence-corrected chi connectivity index (χ4v) is 1.82. The summed E-state index contributed by atoms with van der Waals surface area (Å²) in [7, 11) is 3.86. The first kappa shape index (κ1) is 9.90. The fourth-order valence-electron chi connectivity index (χ4n) is 1.82. The van der Waals surface area contributed by atoms with Gasteiger partial charge in [0.15, 0.2) is 5.78 Å².